The predicted octanol–water partition coefficient (Wildman–Crippen LogP) is 4.55. The van der Waals surface area contributed by atoms with Crippen LogP contribution in [0, 0.1) is 0 Å². The highest BCUT2D eigenvalue weighted by Crippen LogP contribution is 2.30. The molecule has 0 radical (unpaired) electrons. The lowest BCUT2D eigenvalue weighted by Crippen LogP contribution is -2.15. The van der Waals surface area contributed by atoms with Crippen LogP contribution in [0.15, 0.2) is 17.2 Å². The van der Waals surface area contributed by atoms with Crippen LogP contribution in [-0.2, 0) is 18.9 Å². The van der Waals surface area contributed by atoms with Gasteiger partial charge in [0.05, 0.1) is 67.3 Å². The molecule has 0 aliphatic rings. The van der Waals surface area contributed by atoms with Crippen molar-refractivity contribution in [2.45, 2.75) is 18.4 Å². The van der Waals surface area contributed by atoms with Crippen molar-refractivity contribution < 1.29 is 18.9 Å². The lowest BCUT2D eigenvalue weighted by atomic mass is 10.3. The average molecular weight is 478 g/mol. The number of hydrogen-bond acceptors (Lipinski definition) is 8. The molecule has 1 aromatic carbocycles. The van der Waals surface area contributed by atoms with Crippen LogP contribution in [0.5, 0.6) is 0 Å². The molecule has 0 atom stereocenters. The summed E-state index contributed by atoms with van der Waals surface area (Å²) in [6.45, 7) is 7.38. The van der Waals surface area contributed by atoms with Crippen molar-refractivity contribution in [1.29, 1.82) is 0 Å². The number of fused-ring (bicyclic) bond motifs is 1. The summed E-state index contributed by atoms with van der Waals surface area (Å²) in [5.41, 5.74) is 1.41. The number of nitrogens with zero attached hydrogens (tertiary/aromatic N) is 2. The molecule has 0 unspecified atom stereocenters. The van der Waals surface area contributed by atoms with Crippen molar-refractivity contribution in [3.8, 4) is 0 Å². The van der Waals surface area contributed by atoms with Gasteiger partial charge in [-0.1, -0.05) is 30.1 Å². The Morgan fingerprint density at radius 2 is 1.30 bits per heavy atom. The van der Waals surface area contributed by atoms with Crippen LogP contribution in [0.1, 0.15) is 13.3 Å². The van der Waals surface area contributed by atoms with Gasteiger partial charge in [-0.05, 0) is 24.8 Å². The third kappa shape index (κ3) is 9.09. The molecule has 10 heteroatoms. The topological polar surface area (TPSA) is 74.7 Å². The standard InChI is InChI=1S/C20H29Cl2N3O4S/c1-3-5-26-7-9-28-11-12-29-10-8-27-6-4-23-19-20(30-2)25-18-14-16(22)15(21)13-17(18)24-19/h13-14H,3-12H2,1-2H3,(H,23,24). The molecular weight excluding hydrogens is 449 g/mol. The first-order valence-electron chi connectivity index (χ1n) is 9.91. The van der Waals surface area contributed by atoms with Gasteiger partial charge in [0.2, 0.25) is 0 Å². The molecule has 0 amide bonds. The smallest absolute Gasteiger partial charge is 0.159 e. The molecule has 7 nitrogen and oxygen atoms in total. The Hall–Kier alpha value is -0.870. The average Bonchev–Trinajstić information content (AvgIpc) is 2.74. The van der Waals surface area contributed by atoms with Gasteiger partial charge in [-0.25, -0.2) is 9.97 Å². The van der Waals surface area contributed by atoms with Crippen LogP contribution >= 0.6 is 35.0 Å². The van der Waals surface area contributed by atoms with Gasteiger partial charge in [0.1, 0.15) is 5.03 Å². The quantitative estimate of drug-likeness (QED) is 0.278. The third-order valence-corrected chi connectivity index (χ3v) is 5.26. The Labute approximate surface area is 192 Å². The Morgan fingerprint density at radius 1 is 0.800 bits per heavy atom. The highest BCUT2D eigenvalue weighted by Gasteiger charge is 2.10. The van der Waals surface area contributed by atoms with E-state index in [1.807, 2.05) is 6.26 Å². The Balaban J connectivity index is 1.58. The van der Waals surface area contributed by atoms with Gasteiger partial charge in [0.15, 0.2) is 5.82 Å². The van der Waals surface area contributed by atoms with E-state index < -0.39 is 0 Å². The fraction of sp³-hybridized carbons (Fsp3) is 0.600. The highest BCUT2D eigenvalue weighted by molar-refractivity contribution is 7.98. The molecule has 2 rings (SSSR count). The molecule has 0 bridgehead atoms. The van der Waals surface area contributed by atoms with Crippen molar-refractivity contribution in [2.24, 2.45) is 0 Å². The summed E-state index contributed by atoms with van der Waals surface area (Å²) in [6, 6.07) is 3.45. The second-order valence-electron chi connectivity index (χ2n) is 6.21. The summed E-state index contributed by atoms with van der Waals surface area (Å²) in [6.07, 6.45) is 2.98. The molecule has 30 heavy (non-hydrogen) atoms. The molecule has 0 saturated heterocycles. The third-order valence-electron chi connectivity index (χ3n) is 3.87. The number of nitrogens with one attached hydrogen (secondary N) is 1. The fourth-order valence-corrected chi connectivity index (χ4v) is 3.26. The summed E-state index contributed by atoms with van der Waals surface area (Å²) < 4.78 is 21.8. The maximum atomic E-state index is 6.08. The zero-order valence-electron chi connectivity index (χ0n) is 17.4. The van der Waals surface area contributed by atoms with E-state index in [-0.39, 0.29) is 0 Å². The minimum atomic E-state index is 0.458. The van der Waals surface area contributed by atoms with Gasteiger partial charge in [-0.3, -0.25) is 0 Å². The second kappa shape index (κ2) is 15.0. The van der Waals surface area contributed by atoms with Crippen LogP contribution in [0.25, 0.3) is 11.0 Å². The summed E-state index contributed by atoms with van der Waals surface area (Å²) in [5.74, 6) is 0.702. The Kier molecular flexibility index (Phi) is 12.7. The first-order chi connectivity index (χ1) is 14.7. The molecule has 1 heterocycles. The summed E-state index contributed by atoms with van der Waals surface area (Å²) in [5, 5.41) is 4.98. The molecule has 0 saturated carbocycles. The van der Waals surface area contributed by atoms with Crippen LogP contribution in [-0.4, -0.2) is 75.6 Å². The molecule has 0 spiro atoms. The van der Waals surface area contributed by atoms with Crippen LogP contribution in [0.2, 0.25) is 10.0 Å². The summed E-state index contributed by atoms with van der Waals surface area (Å²) in [4.78, 5) is 9.20. The van der Waals surface area contributed by atoms with Crippen LogP contribution in [0.4, 0.5) is 5.82 Å². The maximum Gasteiger partial charge on any atom is 0.159 e. The normalized spacial score (nSPS) is 11.3. The molecule has 1 aromatic heterocycles. The fourth-order valence-electron chi connectivity index (χ4n) is 2.44. The van der Waals surface area contributed by atoms with Gasteiger partial charge in [0.25, 0.3) is 0 Å². The number of ether oxygens (including phenoxy) is 4. The van der Waals surface area contributed by atoms with Gasteiger partial charge < -0.3 is 24.3 Å². The monoisotopic (exact) mass is 477 g/mol. The SMILES string of the molecule is CCCOCCOCCOCCOCCNc1nc2cc(Cl)c(Cl)cc2nc1SC. The van der Waals surface area contributed by atoms with Crippen molar-refractivity contribution in [1.82, 2.24) is 9.97 Å². The van der Waals surface area contributed by atoms with Crippen molar-refractivity contribution in [2.75, 3.05) is 71.0 Å². The maximum absolute atomic E-state index is 6.08. The molecule has 2 aromatic rings. The van der Waals surface area contributed by atoms with E-state index in [9.17, 15) is 0 Å². The van der Waals surface area contributed by atoms with Crippen LogP contribution in [0.3, 0.4) is 0 Å². The van der Waals surface area contributed by atoms with E-state index in [0.29, 0.717) is 79.7 Å². The summed E-state index contributed by atoms with van der Waals surface area (Å²) in [7, 11) is 0. The molecule has 168 valence electrons. The van der Waals surface area contributed by atoms with E-state index >= 15 is 0 Å². The minimum Gasteiger partial charge on any atom is -0.379 e. The Morgan fingerprint density at radius 3 is 1.83 bits per heavy atom. The van der Waals surface area contributed by atoms with Crippen molar-refractivity contribution >= 4 is 51.8 Å². The van der Waals surface area contributed by atoms with E-state index in [1.54, 1.807) is 12.1 Å². The largest absolute Gasteiger partial charge is 0.379 e. The first-order valence-corrected chi connectivity index (χ1v) is 11.9. The molecule has 0 aliphatic heterocycles. The number of rotatable bonds is 16. The van der Waals surface area contributed by atoms with E-state index in [0.717, 1.165) is 18.1 Å². The number of hydrogen-bond donors (Lipinski definition) is 1. The zero-order chi connectivity index (χ0) is 21.6. The van der Waals surface area contributed by atoms with Gasteiger partial charge in [-0.2, -0.15) is 0 Å². The predicted molar refractivity (Wildman–Crippen MR) is 123 cm³/mol. The molecule has 0 aliphatic carbocycles. The zero-order valence-corrected chi connectivity index (χ0v) is 19.7. The van der Waals surface area contributed by atoms with Gasteiger partial charge in [0, 0.05) is 13.2 Å². The number of aromatic nitrogens is 2. The van der Waals surface area contributed by atoms with Gasteiger partial charge in [-0.15, -0.1) is 11.8 Å². The number of thioether (sulfide) groups is 1. The van der Waals surface area contributed by atoms with E-state index in [2.05, 4.69) is 22.2 Å². The highest BCUT2D eigenvalue weighted by atomic mass is 35.5. The lowest BCUT2D eigenvalue weighted by Gasteiger charge is -2.11. The Bertz CT molecular complexity index is 770. The molecular formula is C20H29Cl2N3O4S. The minimum absolute atomic E-state index is 0.458. The molecule has 0 fully saturated rings. The van der Waals surface area contributed by atoms with Crippen LogP contribution < -0.4 is 5.32 Å². The first kappa shape index (κ1) is 25.4. The number of anilines is 1. The summed E-state index contributed by atoms with van der Waals surface area (Å²) >= 11 is 13.7. The second-order valence-corrected chi connectivity index (χ2v) is 7.82. The van der Waals surface area contributed by atoms with Crippen molar-refractivity contribution in [3.05, 3.63) is 22.2 Å². The van der Waals surface area contributed by atoms with Crippen molar-refractivity contribution in [3.63, 3.8) is 0 Å². The van der Waals surface area contributed by atoms with E-state index in [1.165, 1.54) is 11.8 Å². The lowest BCUT2D eigenvalue weighted by molar-refractivity contribution is -0.000692. The molecule has 1 N–H and O–H groups in total. The van der Waals surface area contributed by atoms with Gasteiger partial charge >= 0.3 is 0 Å². The number of halogens is 2. The van der Waals surface area contributed by atoms with E-state index in [4.69, 9.17) is 42.1 Å². The number of benzene rings is 1.